The molecule has 2 N–H and O–H groups in total. The highest BCUT2D eigenvalue weighted by atomic mass is 19.1. The molecule has 0 amide bonds. The normalized spacial score (nSPS) is 11.2. The molecule has 4 aromatic rings. The lowest BCUT2D eigenvalue weighted by Crippen LogP contribution is -2.09. The van der Waals surface area contributed by atoms with Gasteiger partial charge in [-0.25, -0.2) is 13.9 Å². The fourth-order valence-corrected chi connectivity index (χ4v) is 2.75. The number of halogens is 1. The fourth-order valence-electron chi connectivity index (χ4n) is 2.75. The van der Waals surface area contributed by atoms with Crippen molar-refractivity contribution in [1.29, 1.82) is 0 Å². The summed E-state index contributed by atoms with van der Waals surface area (Å²) in [5.74, 6) is -0.437. The molecule has 3 heterocycles. The summed E-state index contributed by atoms with van der Waals surface area (Å²) in [4.78, 5) is 8.52. The Morgan fingerprint density at radius 1 is 1.13 bits per heavy atom. The Morgan fingerprint density at radius 2 is 2.00 bits per heavy atom. The van der Waals surface area contributed by atoms with Gasteiger partial charge in [-0.2, -0.15) is 0 Å². The molecule has 0 aliphatic heterocycles. The molecule has 4 rings (SSSR count). The summed E-state index contributed by atoms with van der Waals surface area (Å²) in [5, 5.41) is 0. The molecule has 6 heteroatoms. The highest BCUT2D eigenvalue weighted by Gasteiger charge is 2.16. The van der Waals surface area contributed by atoms with Gasteiger partial charge in [-0.15, -0.1) is 0 Å². The van der Waals surface area contributed by atoms with E-state index in [1.165, 1.54) is 0 Å². The van der Waals surface area contributed by atoms with Gasteiger partial charge in [0.05, 0.1) is 17.6 Å². The lowest BCUT2D eigenvalue weighted by Gasteiger charge is -2.13. The Bertz CT molecular complexity index is 1000. The van der Waals surface area contributed by atoms with Crippen LogP contribution < -0.4 is 5.73 Å². The zero-order valence-corrected chi connectivity index (χ0v) is 12.4. The molecular weight excluding hydrogens is 293 g/mol. The van der Waals surface area contributed by atoms with E-state index < -0.39 is 5.82 Å². The van der Waals surface area contributed by atoms with Crippen molar-refractivity contribution in [1.82, 2.24) is 19.2 Å². The lowest BCUT2D eigenvalue weighted by atomic mass is 10.1. The number of aryl methyl sites for hydroxylation is 1. The van der Waals surface area contributed by atoms with Crippen LogP contribution in [0.4, 0.5) is 10.1 Å². The quantitative estimate of drug-likeness (QED) is 0.578. The van der Waals surface area contributed by atoms with E-state index in [1.54, 1.807) is 41.6 Å². The zero-order chi connectivity index (χ0) is 16.0. The summed E-state index contributed by atoms with van der Waals surface area (Å²) in [6, 6.07) is 9.01. The second kappa shape index (κ2) is 4.95. The van der Waals surface area contributed by atoms with Crippen molar-refractivity contribution >= 4 is 11.3 Å². The van der Waals surface area contributed by atoms with Gasteiger partial charge in [-0.05, 0) is 30.7 Å². The van der Waals surface area contributed by atoms with Gasteiger partial charge in [0.15, 0.2) is 11.5 Å². The molecule has 0 radical (unpaired) electrons. The van der Waals surface area contributed by atoms with Gasteiger partial charge < -0.3 is 5.73 Å². The minimum absolute atomic E-state index is 0.121. The number of nitrogens with zero attached hydrogens (tertiary/aromatic N) is 4. The van der Waals surface area contributed by atoms with Crippen LogP contribution in [0.1, 0.15) is 5.56 Å². The molecule has 0 saturated heterocycles. The summed E-state index contributed by atoms with van der Waals surface area (Å²) < 4.78 is 18.2. The molecule has 23 heavy (non-hydrogen) atoms. The highest BCUT2D eigenvalue weighted by molar-refractivity contribution is 5.63. The Morgan fingerprint density at radius 3 is 2.78 bits per heavy atom. The summed E-state index contributed by atoms with van der Waals surface area (Å²) in [6.07, 6.45) is 7.00. The molecular formula is C17H14FN5. The first-order chi connectivity index (χ1) is 11.2. The number of nitrogen functional groups attached to an aromatic ring is 1. The fraction of sp³-hybridized carbons (Fsp3) is 0.0588. The van der Waals surface area contributed by atoms with Gasteiger partial charge in [-0.1, -0.05) is 6.07 Å². The highest BCUT2D eigenvalue weighted by Crippen LogP contribution is 2.27. The zero-order valence-electron chi connectivity index (χ0n) is 12.4. The number of imidazole rings is 1. The average Bonchev–Trinajstić information content (AvgIpc) is 3.15. The summed E-state index contributed by atoms with van der Waals surface area (Å²) in [5.41, 5.74) is 9.54. The third-order valence-electron chi connectivity index (χ3n) is 3.88. The van der Waals surface area contributed by atoms with Gasteiger partial charge in [-0.3, -0.25) is 9.67 Å². The number of benzene rings is 1. The second-order valence-corrected chi connectivity index (χ2v) is 5.35. The smallest absolute Gasteiger partial charge is 0.171 e. The van der Waals surface area contributed by atoms with Gasteiger partial charge in [0, 0.05) is 30.2 Å². The molecule has 0 fully saturated rings. The number of aromatic nitrogens is 4. The van der Waals surface area contributed by atoms with Crippen LogP contribution in [0.2, 0.25) is 0 Å². The van der Waals surface area contributed by atoms with Crippen molar-refractivity contribution in [3.63, 3.8) is 0 Å². The van der Waals surface area contributed by atoms with E-state index in [1.807, 2.05) is 29.6 Å². The van der Waals surface area contributed by atoms with E-state index >= 15 is 0 Å². The van der Waals surface area contributed by atoms with Crippen LogP contribution >= 0.6 is 0 Å². The van der Waals surface area contributed by atoms with E-state index in [4.69, 9.17) is 5.73 Å². The lowest BCUT2D eigenvalue weighted by molar-refractivity contribution is 0.608. The van der Waals surface area contributed by atoms with Crippen LogP contribution in [0.5, 0.6) is 0 Å². The van der Waals surface area contributed by atoms with Crippen LogP contribution in [0.15, 0.2) is 55.1 Å². The van der Waals surface area contributed by atoms with Crippen LogP contribution in [0.25, 0.3) is 22.6 Å². The van der Waals surface area contributed by atoms with Gasteiger partial charge in [0.25, 0.3) is 0 Å². The van der Waals surface area contributed by atoms with E-state index in [-0.39, 0.29) is 5.69 Å². The number of nitrogens with two attached hydrogens (primary N) is 1. The van der Waals surface area contributed by atoms with Gasteiger partial charge in [0.1, 0.15) is 5.69 Å². The van der Waals surface area contributed by atoms with Gasteiger partial charge in [0.2, 0.25) is 0 Å². The number of hydrogen-bond donors (Lipinski definition) is 1. The standard InChI is InChI=1S/C17H14FN5/c1-11-4-5-13(19)16(18)17(11)22-8-6-15-21-10-14(23(15)22)12-3-2-7-20-9-12/h2-10H,19H2,1H3. The van der Waals surface area contributed by atoms with Crippen molar-refractivity contribution in [2.75, 3.05) is 5.73 Å². The van der Waals surface area contributed by atoms with Crippen molar-refractivity contribution in [2.45, 2.75) is 6.92 Å². The Kier molecular flexibility index (Phi) is 2.90. The maximum absolute atomic E-state index is 14.6. The second-order valence-electron chi connectivity index (χ2n) is 5.35. The molecule has 5 nitrogen and oxygen atoms in total. The number of hydrogen-bond acceptors (Lipinski definition) is 3. The molecule has 0 spiro atoms. The third-order valence-corrected chi connectivity index (χ3v) is 3.88. The minimum atomic E-state index is -0.437. The first-order valence-electron chi connectivity index (χ1n) is 7.17. The molecule has 0 unspecified atom stereocenters. The van der Waals surface area contributed by atoms with Crippen LogP contribution in [0.3, 0.4) is 0 Å². The van der Waals surface area contributed by atoms with Crippen LogP contribution in [-0.2, 0) is 0 Å². The Hall–Kier alpha value is -3.15. The molecule has 3 aromatic heterocycles. The van der Waals surface area contributed by atoms with Crippen molar-refractivity contribution < 1.29 is 4.39 Å². The topological polar surface area (TPSA) is 61.1 Å². The molecule has 0 atom stereocenters. The molecule has 1 aromatic carbocycles. The van der Waals surface area contributed by atoms with Crippen LogP contribution in [0, 0.1) is 12.7 Å². The third kappa shape index (κ3) is 1.99. The molecule has 114 valence electrons. The predicted octanol–water partition coefficient (Wildman–Crippen LogP) is 3.22. The van der Waals surface area contributed by atoms with Crippen molar-refractivity contribution in [3.8, 4) is 16.9 Å². The molecule has 0 aliphatic rings. The SMILES string of the molecule is Cc1ccc(N)c(F)c1-n1ccc2ncc(-c3cccnc3)n21. The minimum Gasteiger partial charge on any atom is -0.396 e. The van der Waals surface area contributed by atoms with E-state index in [9.17, 15) is 4.39 Å². The Labute approximate surface area is 131 Å². The molecule has 0 bridgehead atoms. The number of anilines is 1. The molecule has 0 saturated carbocycles. The van der Waals surface area contributed by atoms with E-state index in [0.717, 1.165) is 22.5 Å². The number of rotatable bonds is 2. The van der Waals surface area contributed by atoms with Crippen molar-refractivity contribution in [3.05, 3.63) is 66.5 Å². The predicted molar refractivity (Wildman–Crippen MR) is 86.9 cm³/mol. The van der Waals surface area contributed by atoms with E-state index in [2.05, 4.69) is 9.97 Å². The number of fused-ring (bicyclic) bond motifs is 1. The summed E-state index contributed by atoms with van der Waals surface area (Å²) in [7, 11) is 0. The summed E-state index contributed by atoms with van der Waals surface area (Å²) in [6.45, 7) is 1.85. The van der Waals surface area contributed by atoms with Crippen molar-refractivity contribution in [2.24, 2.45) is 0 Å². The van der Waals surface area contributed by atoms with E-state index in [0.29, 0.717) is 5.69 Å². The average molecular weight is 307 g/mol. The molecule has 0 aliphatic carbocycles. The first-order valence-corrected chi connectivity index (χ1v) is 7.17. The van der Waals surface area contributed by atoms with Gasteiger partial charge >= 0.3 is 0 Å². The summed E-state index contributed by atoms with van der Waals surface area (Å²) >= 11 is 0. The largest absolute Gasteiger partial charge is 0.396 e. The first kappa shape index (κ1) is 13.5. The maximum Gasteiger partial charge on any atom is 0.171 e. The monoisotopic (exact) mass is 307 g/mol. The maximum atomic E-state index is 14.6. The van der Waals surface area contributed by atoms with Crippen LogP contribution in [-0.4, -0.2) is 19.2 Å². The number of pyridine rings is 1. The Balaban J connectivity index is 2.04.